The van der Waals surface area contributed by atoms with Crippen molar-refractivity contribution in [2.75, 3.05) is 13.4 Å². The summed E-state index contributed by atoms with van der Waals surface area (Å²) in [5.74, 6) is -0.628. The van der Waals surface area contributed by atoms with E-state index in [1.54, 1.807) is 41.9 Å². The van der Waals surface area contributed by atoms with Crippen LogP contribution in [0.5, 0.6) is 0 Å². The topological polar surface area (TPSA) is 48.3 Å². The van der Waals surface area contributed by atoms with Crippen LogP contribution in [0.2, 0.25) is 5.02 Å². The van der Waals surface area contributed by atoms with Gasteiger partial charge in [0.25, 0.3) is 0 Å². The van der Waals surface area contributed by atoms with E-state index in [1.165, 1.54) is 18.9 Å². The van der Waals surface area contributed by atoms with Gasteiger partial charge in [-0.05, 0) is 36.6 Å². The lowest BCUT2D eigenvalue weighted by molar-refractivity contribution is 0.0590. The number of carbonyl (C=O) groups excluding carboxylic acids is 2. The fourth-order valence-electron chi connectivity index (χ4n) is 2.03. The molecule has 1 aromatic carbocycles. The SMILES string of the molecule is COC(=O)c1cc(SC)c(C(=O)c2ccc(Cl)cc2)n1C. The second kappa shape index (κ2) is 6.37. The second-order valence-electron chi connectivity index (χ2n) is 4.33. The highest BCUT2D eigenvalue weighted by Crippen LogP contribution is 2.27. The minimum Gasteiger partial charge on any atom is -0.464 e. The fourth-order valence-corrected chi connectivity index (χ4v) is 2.81. The van der Waals surface area contributed by atoms with Crippen LogP contribution in [-0.4, -0.2) is 29.7 Å². The van der Waals surface area contributed by atoms with E-state index in [1.807, 2.05) is 6.26 Å². The van der Waals surface area contributed by atoms with Crippen molar-refractivity contribution in [3.05, 3.63) is 52.3 Å². The number of ether oxygens (including phenoxy) is 1. The zero-order valence-corrected chi connectivity index (χ0v) is 13.4. The van der Waals surface area contributed by atoms with Gasteiger partial charge in [-0.2, -0.15) is 0 Å². The third-order valence-corrected chi connectivity index (χ3v) is 4.14. The lowest BCUT2D eigenvalue weighted by Gasteiger charge is -2.07. The highest BCUT2D eigenvalue weighted by Gasteiger charge is 2.23. The van der Waals surface area contributed by atoms with Gasteiger partial charge in [0.05, 0.1) is 7.11 Å². The summed E-state index contributed by atoms with van der Waals surface area (Å²) in [7, 11) is 2.99. The van der Waals surface area contributed by atoms with E-state index >= 15 is 0 Å². The maximum absolute atomic E-state index is 12.7. The standard InChI is InChI=1S/C15H14ClNO3S/c1-17-11(15(19)20-2)8-12(21-3)13(17)14(18)9-4-6-10(16)7-5-9/h4-8H,1-3H3. The molecule has 2 aromatic rings. The van der Waals surface area contributed by atoms with Gasteiger partial charge in [0.1, 0.15) is 11.4 Å². The average molecular weight is 324 g/mol. The van der Waals surface area contributed by atoms with Crippen molar-refractivity contribution in [3.63, 3.8) is 0 Å². The van der Waals surface area contributed by atoms with E-state index in [-0.39, 0.29) is 5.78 Å². The molecule has 21 heavy (non-hydrogen) atoms. The minimum atomic E-state index is -0.469. The molecule has 0 saturated heterocycles. The molecule has 2 rings (SSSR count). The third kappa shape index (κ3) is 2.99. The Balaban J connectivity index is 2.52. The van der Waals surface area contributed by atoms with Crippen LogP contribution >= 0.6 is 23.4 Å². The van der Waals surface area contributed by atoms with Gasteiger partial charge in [0.15, 0.2) is 0 Å². The smallest absolute Gasteiger partial charge is 0.354 e. The second-order valence-corrected chi connectivity index (χ2v) is 5.62. The summed E-state index contributed by atoms with van der Waals surface area (Å²) in [6.45, 7) is 0. The van der Waals surface area contributed by atoms with E-state index in [4.69, 9.17) is 16.3 Å². The average Bonchev–Trinajstić information content (AvgIpc) is 2.83. The van der Waals surface area contributed by atoms with Crippen LogP contribution in [0.15, 0.2) is 35.2 Å². The molecule has 0 N–H and O–H groups in total. The van der Waals surface area contributed by atoms with Gasteiger partial charge in [0, 0.05) is 22.5 Å². The molecule has 0 unspecified atom stereocenters. The Labute approximate surface area is 132 Å². The molecule has 1 heterocycles. The van der Waals surface area contributed by atoms with Gasteiger partial charge in [-0.3, -0.25) is 4.79 Å². The van der Waals surface area contributed by atoms with Gasteiger partial charge < -0.3 is 9.30 Å². The first-order valence-corrected chi connectivity index (χ1v) is 7.72. The van der Waals surface area contributed by atoms with Crippen molar-refractivity contribution in [2.24, 2.45) is 7.05 Å². The number of thioether (sulfide) groups is 1. The van der Waals surface area contributed by atoms with Crippen LogP contribution < -0.4 is 0 Å². The Hall–Kier alpha value is -1.72. The first-order valence-electron chi connectivity index (χ1n) is 6.12. The number of nitrogens with zero attached hydrogens (tertiary/aromatic N) is 1. The number of benzene rings is 1. The number of halogens is 1. The van der Waals surface area contributed by atoms with E-state index in [9.17, 15) is 9.59 Å². The maximum Gasteiger partial charge on any atom is 0.354 e. The van der Waals surface area contributed by atoms with Crippen molar-refractivity contribution in [2.45, 2.75) is 4.90 Å². The Bertz CT molecular complexity index is 692. The summed E-state index contributed by atoms with van der Waals surface area (Å²) in [5, 5.41) is 0.568. The van der Waals surface area contributed by atoms with Crippen LogP contribution in [0, 0.1) is 0 Å². The molecule has 4 nitrogen and oxygen atoms in total. The summed E-state index contributed by atoms with van der Waals surface area (Å²) >= 11 is 7.24. The van der Waals surface area contributed by atoms with Crippen LogP contribution in [-0.2, 0) is 11.8 Å². The molecular weight excluding hydrogens is 310 g/mol. The predicted octanol–water partition coefficient (Wildman–Crippen LogP) is 3.42. The van der Waals surface area contributed by atoms with Crippen molar-refractivity contribution in [1.82, 2.24) is 4.57 Å². The number of esters is 1. The van der Waals surface area contributed by atoms with Crippen LogP contribution in [0.4, 0.5) is 0 Å². The van der Waals surface area contributed by atoms with Crippen molar-refractivity contribution in [1.29, 1.82) is 0 Å². The van der Waals surface area contributed by atoms with Gasteiger partial charge in [-0.15, -0.1) is 11.8 Å². The quantitative estimate of drug-likeness (QED) is 0.491. The molecule has 0 amide bonds. The number of methoxy groups -OCH3 is 1. The van der Waals surface area contributed by atoms with E-state index in [0.717, 1.165) is 4.90 Å². The summed E-state index contributed by atoms with van der Waals surface area (Å²) in [6, 6.07) is 8.33. The highest BCUT2D eigenvalue weighted by atomic mass is 35.5. The van der Waals surface area contributed by atoms with Gasteiger partial charge >= 0.3 is 5.97 Å². The zero-order chi connectivity index (χ0) is 15.6. The van der Waals surface area contributed by atoms with Gasteiger partial charge in [-0.1, -0.05) is 11.6 Å². The van der Waals surface area contributed by atoms with E-state index in [2.05, 4.69) is 0 Å². The number of rotatable bonds is 4. The molecule has 0 radical (unpaired) electrons. The van der Waals surface area contributed by atoms with Crippen molar-refractivity contribution in [3.8, 4) is 0 Å². The molecule has 6 heteroatoms. The number of aromatic nitrogens is 1. The zero-order valence-electron chi connectivity index (χ0n) is 11.8. The van der Waals surface area contributed by atoms with Crippen LogP contribution in [0.25, 0.3) is 0 Å². The van der Waals surface area contributed by atoms with E-state index < -0.39 is 5.97 Å². The highest BCUT2D eigenvalue weighted by molar-refractivity contribution is 7.98. The third-order valence-electron chi connectivity index (χ3n) is 3.13. The molecule has 0 aliphatic rings. The number of hydrogen-bond acceptors (Lipinski definition) is 4. The Morgan fingerprint density at radius 2 is 1.86 bits per heavy atom. The molecule has 110 valence electrons. The largest absolute Gasteiger partial charge is 0.464 e. The number of ketones is 1. The first kappa shape index (κ1) is 15.7. The number of hydrogen-bond donors (Lipinski definition) is 0. The van der Waals surface area contributed by atoms with Crippen LogP contribution in [0.1, 0.15) is 26.5 Å². The molecule has 0 atom stereocenters. The Kier molecular flexibility index (Phi) is 4.75. The minimum absolute atomic E-state index is 0.159. The fraction of sp³-hybridized carbons (Fsp3) is 0.200. The van der Waals surface area contributed by atoms with Crippen molar-refractivity contribution < 1.29 is 14.3 Å². The van der Waals surface area contributed by atoms with Crippen LogP contribution in [0.3, 0.4) is 0 Å². The predicted molar refractivity (Wildman–Crippen MR) is 83.4 cm³/mol. The molecule has 1 aromatic heterocycles. The van der Waals surface area contributed by atoms with Gasteiger partial charge in [0.2, 0.25) is 5.78 Å². The summed E-state index contributed by atoms with van der Waals surface area (Å²) in [6.07, 6.45) is 1.86. The Morgan fingerprint density at radius 1 is 1.24 bits per heavy atom. The molecule has 0 aliphatic heterocycles. The Morgan fingerprint density at radius 3 is 2.38 bits per heavy atom. The molecular formula is C15H14ClNO3S. The monoisotopic (exact) mass is 323 g/mol. The summed E-state index contributed by atoms with van der Waals surface area (Å²) < 4.78 is 6.30. The molecule has 0 saturated carbocycles. The first-order chi connectivity index (χ1) is 9.99. The lowest BCUT2D eigenvalue weighted by Crippen LogP contribution is -2.13. The summed E-state index contributed by atoms with van der Waals surface area (Å²) in [5.41, 5.74) is 1.33. The molecule has 0 spiro atoms. The summed E-state index contributed by atoms with van der Waals surface area (Å²) in [4.78, 5) is 25.1. The lowest BCUT2D eigenvalue weighted by atomic mass is 10.1. The normalized spacial score (nSPS) is 10.5. The number of carbonyl (C=O) groups is 2. The van der Waals surface area contributed by atoms with Gasteiger partial charge in [-0.25, -0.2) is 4.79 Å². The maximum atomic E-state index is 12.7. The molecule has 0 aliphatic carbocycles. The van der Waals surface area contributed by atoms with Crippen molar-refractivity contribution >= 4 is 35.1 Å². The van der Waals surface area contributed by atoms with E-state index in [0.29, 0.717) is 22.0 Å². The molecule has 0 bridgehead atoms. The molecule has 0 fully saturated rings.